The van der Waals surface area contributed by atoms with Crippen molar-refractivity contribution in [1.29, 1.82) is 0 Å². The van der Waals surface area contributed by atoms with E-state index < -0.39 is 5.97 Å². The molecule has 0 bridgehead atoms. The topological polar surface area (TPSA) is 77.0 Å². The highest BCUT2D eigenvalue weighted by molar-refractivity contribution is 5.95. The molecule has 29 heavy (non-hydrogen) atoms. The van der Waals surface area contributed by atoms with Gasteiger partial charge in [0, 0.05) is 5.56 Å². The van der Waals surface area contributed by atoms with Crippen LogP contribution < -0.4 is 10.2 Å². The molecule has 0 aliphatic rings. The van der Waals surface area contributed by atoms with Crippen LogP contribution in [-0.2, 0) is 11.3 Å². The van der Waals surface area contributed by atoms with Crippen LogP contribution in [0.2, 0.25) is 0 Å². The number of carbonyl (C=O) groups is 2. The molecule has 6 heteroatoms. The molecule has 146 valence electrons. The smallest absolute Gasteiger partial charge is 0.337 e. The number of methoxy groups -OCH3 is 1. The molecular formula is C23H20N2O4. The normalized spacial score (nSPS) is 10.5. The van der Waals surface area contributed by atoms with Crippen molar-refractivity contribution in [2.45, 2.75) is 6.61 Å². The van der Waals surface area contributed by atoms with Crippen LogP contribution in [0.3, 0.4) is 0 Å². The average molecular weight is 388 g/mol. The first kappa shape index (κ1) is 19.8. The number of nitrogens with one attached hydrogen (secondary N) is 1. The molecule has 0 unspecified atom stereocenters. The lowest BCUT2D eigenvalue weighted by atomic mass is 10.1. The van der Waals surface area contributed by atoms with Gasteiger partial charge in [0.05, 0.1) is 18.9 Å². The molecule has 1 amide bonds. The van der Waals surface area contributed by atoms with Gasteiger partial charge in [-0.15, -0.1) is 0 Å². The Kier molecular flexibility index (Phi) is 6.73. The van der Waals surface area contributed by atoms with E-state index in [9.17, 15) is 9.59 Å². The van der Waals surface area contributed by atoms with Crippen LogP contribution >= 0.6 is 0 Å². The van der Waals surface area contributed by atoms with Crippen LogP contribution in [0.25, 0.3) is 0 Å². The van der Waals surface area contributed by atoms with Gasteiger partial charge in [-0.3, -0.25) is 4.79 Å². The highest BCUT2D eigenvalue weighted by Gasteiger charge is 2.05. The van der Waals surface area contributed by atoms with E-state index in [0.29, 0.717) is 23.5 Å². The van der Waals surface area contributed by atoms with Crippen LogP contribution in [0, 0.1) is 0 Å². The SMILES string of the molecule is COC(=O)c1ccc(/C=N\NC(=O)c2ccc(OCc3ccccc3)cc2)cc1. The van der Waals surface area contributed by atoms with E-state index in [-0.39, 0.29) is 5.91 Å². The molecule has 0 atom stereocenters. The number of carbonyl (C=O) groups excluding carboxylic acids is 2. The fourth-order valence-corrected chi connectivity index (χ4v) is 2.50. The number of esters is 1. The Morgan fingerprint density at radius 3 is 2.21 bits per heavy atom. The van der Waals surface area contributed by atoms with Crippen molar-refractivity contribution >= 4 is 18.1 Å². The van der Waals surface area contributed by atoms with Gasteiger partial charge in [0.15, 0.2) is 0 Å². The van der Waals surface area contributed by atoms with Crippen LogP contribution in [0.4, 0.5) is 0 Å². The summed E-state index contributed by atoms with van der Waals surface area (Å²) in [4.78, 5) is 23.6. The molecule has 0 heterocycles. The maximum atomic E-state index is 12.2. The van der Waals surface area contributed by atoms with Crippen molar-refractivity contribution in [3.63, 3.8) is 0 Å². The van der Waals surface area contributed by atoms with Gasteiger partial charge in [0.25, 0.3) is 5.91 Å². The summed E-state index contributed by atoms with van der Waals surface area (Å²) in [5, 5.41) is 3.94. The number of rotatable bonds is 7. The molecular weight excluding hydrogens is 368 g/mol. The molecule has 0 aromatic heterocycles. The van der Waals surface area contributed by atoms with E-state index in [1.807, 2.05) is 30.3 Å². The summed E-state index contributed by atoms with van der Waals surface area (Å²) in [5.74, 6) is -0.0559. The second-order valence-corrected chi connectivity index (χ2v) is 6.11. The second kappa shape index (κ2) is 9.85. The largest absolute Gasteiger partial charge is 0.489 e. The molecule has 0 saturated heterocycles. The maximum absolute atomic E-state index is 12.2. The quantitative estimate of drug-likeness (QED) is 0.379. The van der Waals surface area contributed by atoms with Crippen LogP contribution in [0.1, 0.15) is 31.8 Å². The van der Waals surface area contributed by atoms with Gasteiger partial charge in [-0.25, -0.2) is 10.2 Å². The molecule has 3 aromatic rings. The van der Waals surface area contributed by atoms with Crippen LogP contribution in [0.5, 0.6) is 5.75 Å². The molecule has 0 radical (unpaired) electrons. The third kappa shape index (κ3) is 5.77. The first-order valence-electron chi connectivity index (χ1n) is 8.94. The number of ether oxygens (including phenoxy) is 2. The zero-order valence-corrected chi connectivity index (χ0v) is 15.9. The van der Waals surface area contributed by atoms with Crippen molar-refractivity contribution < 1.29 is 19.1 Å². The lowest BCUT2D eigenvalue weighted by Crippen LogP contribution is -2.17. The molecule has 6 nitrogen and oxygen atoms in total. The van der Waals surface area contributed by atoms with Crippen molar-refractivity contribution in [3.8, 4) is 5.75 Å². The van der Waals surface area contributed by atoms with Gasteiger partial charge in [-0.05, 0) is 47.5 Å². The molecule has 0 aliphatic carbocycles. The first-order valence-corrected chi connectivity index (χ1v) is 8.94. The van der Waals surface area contributed by atoms with Crippen molar-refractivity contribution in [3.05, 3.63) is 101 Å². The number of hydrogen-bond donors (Lipinski definition) is 1. The van der Waals surface area contributed by atoms with Crippen LogP contribution in [-0.4, -0.2) is 25.2 Å². The molecule has 0 fully saturated rings. The van der Waals surface area contributed by atoms with Crippen molar-refractivity contribution in [2.24, 2.45) is 5.10 Å². The minimum atomic E-state index is -0.405. The van der Waals surface area contributed by atoms with E-state index in [2.05, 4.69) is 15.3 Å². The summed E-state index contributed by atoms with van der Waals surface area (Å²) in [6.45, 7) is 0.464. The Balaban J connectivity index is 1.51. The lowest BCUT2D eigenvalue weighted by Gasteiger charge is -2.07. The summed E-state index contributed by atoms with van der Waals surface area (Å²) >= 11 is 0. The maximum Gasteiger partial charge on any atom is 0.337 e. The fourth-order valence-electron chi connectivity index (χ4n) is 2.50. The minimum Gasteiger partial charge on any atom is -0.489 e. The Bertz CT molecular complexity index is 982. The van der Waals surface area contributed by atoms with Gasteiger partial charge < -0.3 is 9.47 Å². The monoisotopic (exact) mass is 388 g/mol. The predicted molar refractivity (Wildman–Crippen MR) is 110 cm³/mol. The number of hydrogen-bond acceptors (Lipinski definition) is 5. The highest BCUT2D eigenvalue weighted by Crippen LogP contribution is 2.14. The molecule has 1 N–H and O–H groups in total. The van der Waals surface area contributed by atoms with E-state index >= 15 is 0 Å². The number of hydrazone groups is 1. The van der Waals surface area contributed by atoms with E-state index in [0.717, 1.165) is 11.1 Å². The third-order valence-electron chi connectivity index (χ3n) is 4.08. The average Bonchev–Trinajstić information content (AvgIpc) is 2.78. The summed E-state index contributed by atoms with van der Waals surface area (Å²) in [6, 6.07) is 23.4. The second-order valence-electron chi connectivity index (χ2n) is 6.11. The zero-order chi connectivity index (χ0) is 20.5. The number of benzene rings is 3. The van der Waals surface area contributed by atoms with Gasteiger partial charge in [-0.1, -0.05) is 42.5 Å². The summed E-state index contributed by atoms with van der Waals surface area (Å²) < 4.78 is 10.4. The van der Waals surface area contributed by atoms with E-state index in [1.165, 1.54) is 13.3 Å². The van der Waals surface area contributed by atoms with Gasteiger partial charge in [0.1, 0.15) is 12.4 Å². The van der Waals surface area contributed by atoms with E-state index in [1.54, 1.807) is 48.5 Å². The number of nitrogens with zero attached hydrogens (tertiary/aromatic N) is 1. The molecule has 0 spiro atoms. The summed E-state index contributed by atoms with van der Waals surface area (Å²) in [7, 11) is 1.33. The summed E-state index contributed by atoms with van der Waals surface area (Å²) in [6.07, 6.45) is 1.50. The predicted octanol–water partition coefficient (Wildman–Crippen LogP) is 3.82. The number of amides is 1. The van der Waals surface area contributed by atoms with Crippen LogP contribution in [0.15, 0.2) is 84.0 Å². The molecule has 3 aromatic carbocycles. The Morgan fingerprint density at radius 1 is 0.897 bits per heavy atom. The Hall–Kier alpha value is -3.93. The highest BCUT2D eigenvalue weighted by atomic mass is 16.5. The van der Waals surface area contributed by atoms with E-state index in [4.69, 9.17) is 4.74 Å². The molecule has 0 saturated carbocycles. The van der Waals surface area contributed by atoms with Crippen molar-refractivity contribution in [2.75, 3.05) is 7.11 Å². The Morgan fingerprint density at radius 2 is 1.55 bits per heavy atom. The third-order valence-corrected chi connectivity index (χ3v) is 4.08. The van der Waals surface area contributed by atoms with Crippen molar-refractivity contribution in [1.82, 2.24) is 5.43 Å². The lowest BCUT2D eigenvalue weighted by molar-refractivity contribution is 0.0600. The zero-order valence-electron chi connectivity index (χ0n) is 15.9. The first-order chi connectivity index (χ1) is 14.2. The van der Waals surface area contributed by atoms with Gasteiger partial charge >= 0.3 is 5.97 Å². The van der Waals surface area contributed by atoms with Gasteiger partial charge in [0.2, 0.25) is 0 Å². The van der Waals surface area contributed by atoms with Gasteiger partial charge in [-0.2, -0.15) is 5.10 Å². The summed E-state index contributed by atoms with van der Waals surface area (Å²) in [5.41, 5.74) is 5.20. The standard InChI is InChI=1S/C23H20N2O4/c1-28-23(27)20-9-7-17(8-10-20)15-24-25-22(26)19-11-13-21(14-12-19)29-16-18-5-3-2-4-6-18/h2-15H,16H2,1H3,(H,25,26)/b24-15-. The molecule has 3 rings (SSSR count). The minimum absolute atomic E-state index is 0.331. The fraction of sp³-hybridized carbons (Fsp3) is 0.0870. The molecule has 0 aliphatic heterocycles. The Labute approximate surface area is 168 Å².